The highest BCUT2D eigenvalue weighted by atomic mass is 16.6. The Morgan fingerprint density at radius 3 is 2.67 bits per heavy atom. The van der Waals surface area contributed by atoms with Crippen molar-refractivity contribution in [2.24, 2.45) is 5.73 Å². The summed E-state index contributed by atoms with van der Waals surface area (Å²) in [7, 11) is 0. The van der Waals surface area contributed by atoms with Crippen LogP contribution in [0.5, 0.6) is 11.5 Å². The van der Waals surface area contributed by atoms with Gasteiger partial charge in [0, 0.05) is 25.1 Å². The first-order chi connectivity index (χ1) is 10.3. The Labute approximate surface area is 125 Å². The highest BCUT2D eigenvalue weighted by molar-refractivity contribution is 5.80. The third kappa shape index (κ3) is 2.83. The van der Waals surface area contributed by atoms with E-state index in [9.17, 15) is 0 Å². The molecule has 0 atom stereocenters. The highest BCUT2D eigenvalue weighted by Crippen LogP contribution is 2.35. The Morgan fingerprint density at radius 1 is 1.19 bits per heavy atom. The molecule has 2 aromatic rings. The van der Waals surface area contributed by atoms with Crippen LogP contribution in [0.2, 0.25) is 0 Å². The minimum atomic E-state index is 0.606. The molecule has 0 fully saturated rings. The van der Waals surface area contributed by atoms with E-state index in [1.54, 1.807) is 0 Å². The van der Waals surface area contributed by atoms with Gasteiger partial charge in [-0.05, 0) is 19.4 Å². The molecule has 2 heterocycles. The van der Waals surface area contributed by atoms with Gasteiger partial charge in [0.05, 0.1) is 11.0 Å². The first-order valence-electron chi connectivity index (χ1n) is 7.82. The Hall–Kier alpha value is -1.75. The zero-order valence-electron chi connectivity index (χ0n) is 12.6. The van der Waals surface area contributed by atoms with Crippen molar-refractivity contribution >= 4 is 11.0 Å². The van der Waals surface area contributed by atoms with Crippen LogP contribution in [-0.4, -0.2) is 29.3 Å². The predicted molar refractivity (Wildman–Crippen MR) is 83.0 cm³/mol. The van der Waals surface area contributed by atoms with Gasteiger partial charge in [0.25, 0.3) is 0 Å². The van der Waals surface area contributed by atoms with Crippen molar-refractivity contribution in [3.63, 3.8) is 0 Å². The van der Waals surface area contributed by atoms with Crippen molar-refractivity contribution in [3.05, 3.63) is 18.0 Å². The van der Waals surface area contributed by atoms with Gasteiger partial charge in [0.1, 0.15) is 19.0 Å². The Kier molecular flexibility index (Phi) is 4.29. The van der Waals surface area contributed by atoms with Crippen LogP contribution in [0.15, 0.2) is 12.1 Å². The fraction of sp³-hybridized carbons (Fsp3) is 0.562. The largest absolute Gasteiger partial charge is 0.486 e. The summed E-state index contributed by atoms with van der Waals surface area (Å²) in [5.74, 6) is 2.75. The van der Waals surface area contributed by atoms with Gasteiger partial charge < -0.3 is 19.8 Å². The minimum Gasteiger partial charge on any atom is -0.486 e. The van der Waals surface area contributed by atoms with Crippen LogP contribution in [0, 0.1) is 0 Å². The average Bonchev–Trinajstić information content (AvgIpc) is 2.85. The van der Waals surface area contributed by atoms with Crippen LogP contribution in [0.3, 0.4) is 0 Å². The molecule has 3 rings (SSSR count). The van der Waals surface area contributed by atoms with E-state index in [2.05, 4.69) is 17.6 Å². The van der Waals surface area contributed by atoms with Gasteiger partial charge in [-0.1, -0.05) is 13.3 Å². The maximum absolute atomic E-state index is 5.70. The summed E-state index contributed by atoms with van der Waals surface area (Å²) in [4.78, 5) is 4.78. The number of hydrogen-bond donors (Lipinski definition) is 1. The fourth-order valence-corrected chi connectivity index (χ4v) is 2.73. The molecule has 1 aromatic heterocycles. The van der Waals surface area contributed by atoms with Crippen LogP contribution in [0.25, 0.3) is 11.0 Å². The second-order valence-electron chi connectivity index (χ2n) is 5.41. The number of nitrogens with two attached hydrogens (primary N) is 1. The maximum atomic E-state index is 5.70. The number of nitrogens with zero attached hydrogens (tertiary/aromatic N) is 2. The van der Waals surface area contributed by atoms with E-state index in [-0.39, 0.29) is 0 Å². The molecule has 0 radical (unpaired) electrons. The van der Waals surface area contributed by atoms with Gasteiger partial charge in [0.2, 0.25) is 0 Å². The summed E-state index contributed by atoms with van der Waals surface area (Å²) >= 11 is 0. The summed E-state index contributed by atoms with van der Waals surface area (Å²) in [5.41, 5.74) is 7.77. The van der Waals surface area contributed by atoms with Crippen LogP contribution >= 0.6 is 0 Å². The van der Waals surface area contributed by atoms with Crippen molar-refractivity contribution < 1.29 is 9.47 Å². The normalized spacial score (nSPS) is 13.8. The molecule has 5 nitrogen and oxygen atoms in total. The topological polar surface area (TPSA) is 62.3 Å². The lowest BCUT2D eigenvalue weighted by molar-refractivity contribution is 0.172. The second-order valence-corrected chi connectivity index (χ2v) is 5.41. The summed E-state index contributed by atoms with van der Waals surface area (Å²) < 4.78 is 13.7. The Morgan fingerprint density at radius 2 is 1.95 bits per heavy atom. The first-order valence-corrected chi connectivity index (χ1v) is 7.82. The maximum Gasteiger partial charge on any atom is 0.163 e. The highest BCUT2D eigenvalue weighted by Gasteiger charge is 2.17. The number of hydrogen-bond acceptors (Lipinski definition) is 4. The molecule has 0 unspecified atom stereocenters. The molecule has 21 heavy (non-hydrogen) atoms. The number of aromatic nitrogens is 2. The smallest absolute Gasteiger partial charge is 0.163 e. The lowest BCUT2D eigenvalue weighted by Crippen LogP contribution is -2.15. The zero-order chi connectivity index (χ0) is 14.7. The molecular formula is C16H23N3O2. The van der Waals surface area contributed by atoms with Gasteiger partial charge in [-0.3, -0.25) is 0 Å². The van der Waals surface area contributed by atoms with E-state index in [1.165, 1.54) is 6.42 Å². The number of unbranched alkanes of at least 4 members (excludes halogenated alkanes) is 1. The van der Waals surface area contributed by atoms with Gasteiger partial charge in [0.15, 0.2) is 11.5 Å². The SMILES string of the molecule is CCCCn1c(CCCN)nc2cc3c(cc21)OCCO3. The standard InChI is InChI=1S/C16H23N3O2/c1-2-3-7-19-13-11-15-14(20-8-9-21-15)10-12(13)18-16(19)5-4-6-17/h10-11H,2-9,17H2,1H3. The molecule has 0 spiro atoms. The third-order valence-corrected chi connectivity index (χ3v) is 3.83. The van der Waals surface area contributed by atoms with Gasteiger partial charge in [-0.25, -0.2) is 4.98 Å². The lowest BCUT2D eigenvalue weighted by atomic mass is 10.2. The van der Waals surface area contributed by atoms with E-state index in [4.69, 9.17) is 20.2 Å². The minimum absolute atomic E-state index is 0.606. The van der Waals surface area contributed by atoms with E-state index < -0.39 is 0 Å². The van der Waals surface area contributed by atoms with Crippen LogP contribution in [0.4, 0.5) is 0 Å². The summed E-state index contributed by atoms with van der Waals surface area (Å²) in [6.07, 6.45) is 4.19. The molecule has 0 bridgehead atoms. The first kappa shape index (κ1) is 14.2. The fourth-order valence-electron chi connectivity index (χ4n) is 2.73. The molecule has 5 heteroatoms. The summed E-state index contributed by atoms with van der Waals surface area (Å²) in [5, 5.41) is 0. The number of benzene rings is 1. The molecule has 1 aliphatic heterocycles. The molecule has 0 saturated carbocycles. The number of ether oxygens (including phenoxy) is 2. The van der Waals surface area contributed by atoms with E-state index in [1.807, 2.05) is 6.07 Å². The van der Waals surface area contributed by atoms with Crippen molar-refractivity contribution in [2.45, 2.75) is 39.2 Å². The number of rotatable bonds is 6. The summed E-state index contributed by atoms with van der Waals surface area (Å²) in [6, 6.07) is 4.07. The van der Waals surface area contributed by atoms with Gasteiger partial charge >= 0.3 is 0 Å². The van der Waals surface area contributed by atoms with Crippen LogP contribution in [-0.2, 0) is 13.0 Å². The third-order valence-electron chi connectivity index (χ3n) is 3.83. The summed E-state index contributed by atoms with van der Waals surface area (Å²) in [6.45, 7) is 5.11. The Bertz CT molecular complexity index is 621. The molecule has 0 aliphatic carbocycles. The number of aryl methyl sites for hydroxylation is 2. The molecule has 0 amide bonds. The van der Waals surface area contributed by atoms with Crippen molar-refractivity contribution in [1.29, 1.82) is 0 Å². The number of imidazole rings is 1. The number of fused-ring (bicyclic) bond motifs is 2. The van der Waals surface area contributed by atoms with Crippen molar-refractivity contribution in [2.75, 3.05) is 19.8 Å². The van der Waals surface area contributed by atoms with Crippen LogP contribution in [0.1, 0.15) is 32.0 Å². The molecule has 2 N–H and O–H groups in total. The van der Waals surface area contributed by atoms with Crippen molar-refractivity contribution in [1.82, 2.24) is 9.55 Å². The molecule has 0 saturated heterocycles. The quantitative estimate of drug-likeness (QED) is 0.887. The molecule has 1 aliphatic rings. The van der Waals surface area contributed by atoms with E-state index in [0.717, 1.165) is 54.2 Å². The predicted octanol–water partition coefficient (Wildman–Crippen LogP) is 2.50. The van der Waals surface area contributed by atoms with Gasteiger partial charge in [-0.2, -0.15) is 0 Å². The molecule has 1 aromatic carbocycles. The molecular weight excluding hydrogens is 266 g/mol. The Balaban J connectivity index is 2.03. The van der Waals surface area contributed by atoms with Gasteiger partial charge in [-0.15, -0.1) is 0 Å². The van der Waals surface area contributed by atoms with Crippen LogP contribution < -0.4 is 15.2 Å². The van der Waals surface area contributed by atoms with Crippen molar-refractivity contribution in [3.8, 4) is 11.5 Å². The van der Waals surface area contributed by atoms with E-state index >= 15 is 0 Å². The lowest BCUT2D eigenvalue weighted by Gasteiger charge is -2.18. The zero-order valence-corrected chi connectivity index (χ0v) is 12.6. The van der Waals surface area contributed by atoms with E-state index in [0.29, 0.717) is 19.8 Å². The average molecular weight is 289 g/mol. The monoisotopic (exact) mass is 289 g/mol. The molecule has 114 valence electrons. The second kappa shape index (κ2) is 6.35.